The van der Waals surface area contributed by atoms with Gasteiger partial charge < -0.3 is 15.4 Å². The molecule has 0 saturated carbocycles. The largest absolute Gasteiger partial charge is 0.491 e. The Balaban J connectivity index is 0.00000338. The molecule has 0 radical (unpaired) electrons. The minimum atomic E-state index is -3.76. The van der Waals surface area contributed by atoms with E-state index in [4.69, 9.17) is 10.5 Å². The highest BCUT2D eigenvalue weighted by atomic mass is 35.5. The molecule has 2 rings (SSSR count). The fourth-order valence-electron chi connectivity index (χ4n) is 2.75. The first-order valence-corrected chi connectivity index (χ1v) is 10.0. The Hall–Kier alpha value is -1.51. The first-order valence-electron chi connectivity index (χ1n) is 8.37. The average Bonchev–Trinajstić information content (AvgIpc) is 2.91. The second-order valence-corrected chi connectivity index (χ2v) is 8.85. The lowest BCUT2D eigenvalue weighted by Gasteiger charge is -2.22. The van der Waals surface area contributed by atoms with E-state index >= 15 is 0 Å². The Morgan fingerprint density at radius 2 is 1.96 bits per heavy atom. The number of carbonyl (C=O) groups excluding carboxylic acids is 1. The molecule has 1 fully saturated rings. The van der Waals surface area contributed by atoms with E-state index in [1.807, 2.05) is 20.8 Å². The highest BCUT2D eigenvalue weighted by molar-refractivity contribution is 7.93. The van der Waals surface area contributed by atoms with Crippen LogP contribution in [0.2, 0.25) is 0 Å². The van der Waals surface area contributed by atoms with Gasteiger partial charge in [0.15, 0.2) is 0 Å². The Morgan fingerprint density at radius 3 is 2.46 bits per heavy atom. The molecular formula is C17H28ClN3O4S. The van der Waals surface area contributed by atoms with Crippen molar-refractivity contribution in [1.29, 1.82) is 0 Å². The van der Waals surface area contributed by atoms with Crippen LogP contribution in [0.15, 0.2) is 24.3 Å². The van der Waals surface area contributed by atoms with E-state index in [-0.39, 0.29) is 23.9 Å². The molecule has 0 aromatic heterocycles. The number of halogens is 1. The minimum Gasteiger partial charge on any atom is -0.491 e. The van der Waals surface area contributed by atoms with Crippen LogP contribution in [0.25, 0.3) is 0 Å². The van der Waals surface area contributed by atoms with Crippen LogP contribution in [0.5, 0.6) is 5.75 Å². The molecule has 9 heteroatoms. The smallest absolute Gasteiger partial charge is 0.241 e. The van der Waals surface area contributed by atoms with Gasteiger partial charge in [-0.1, -0.05) is 6.92 Å². The summed E-state index contributed by atoms with van der Waals surface area (Å²) in [5, 5.41) is 0. The molecular weight excluding hydrogens is 378 g/mol. The van der Waals surface area contributed by atoms with Crippen LogP contribution in [0.4, 0.5) is 5.69 Å². The number of sulfonamides is 1. The number of carbonyl (C=O) groups is 1. The van der Waals surface area contributed by atoms with Crippen LogP contribution in [0, 0.1) is 5.41 Å². The fraction of sp³-hybridized carbons (Fsp3) is 0.588. The van der Waals surface area contributed by atoms with Crippen molar-refractivity contribution in [1.82, 2.24) is 4.90 Å². The molecule has 26 heavy (non-hydrogen) atoms. The quantitative estimate of drug-likeness (QED) is 0.720. The predicted octanol–water partition coefficient (Wildman–Crippen LogP) is 1.83. The number of hydrogen-bond acceptors (Lipinski definition) is 5. The van der Waals surface area contributed by atoms with Crippen molar-refractivity contribution in [2.24, 2.45) is 11.1 Å². The monoisotopic (exact) mass is 405 g/mol. The third-order valence-electron chi connectivity index (χ3n) is 4.22. The van der Waals surface area contributed by atoms with Crippen molar-refractivity contribution in [2.45, 2.75) is 33.3 Å². The maximum atomic E-state index is 12.3. The van der Waals surface area contributed by atoms with Gasteiger partial charge in [-0.2, -0.15) is 0 Å². The predicted molar refractivity (Wildman–Crippen MR) is 105 cm³/mol. The zero-order valence-electron chi connectivity index (χ0n) is 15.4. The maximum absolute atomic E-state index is 12.3. The number of anilines is 1. The molecule has 1 saturated heterocycles. The number of nitrogens with two attached hydrogens (primary N) is 1. The number of hydrogen-bond donors (Lipinski definition) is 2. The third kappa shape index (κ3) is 6.34. The van der Waals surface area contributed by atoms with Crippen LogP contribution < -0.4 is 15.2 Å². The first-order chi connectivity index (χ1) is 11.6. The van der Waals surface area contributed by atoms with Gasteiger partial charge >= 0.3 is 0 Å². The van der Waals surface area contributed by atoms with Crippen molar-refractivity contribution in [2.75, 3.05) is 30.1 Å². The fourth-order valence-corrected chi connectivity index (χ4v) is 3.82. The Morgan fingerprint density at radius 1 is 1.35 bits per heavy atom. The minimum absolute atomic E-state index is 0. The van der Waals surface area contributed by atoms with Gasteiger partial charge in [0.2, 0.25) is 15.9 Å². The third-order valence-corrected chi connectivity index (χ3v) is 5.39. The topological polar surface area (TPSA) is 102 Å². The summed E-state index contributed by atoms with van der Waals surface area (Å²) < 4.78 is 32.4. The van der Waals surface area contributed by atoms with Crippen molar-refractivity contribution >= 4 is 34.0 Å². The standard InChI is InChI=1S/C17H27N3O4S.ClH/c1-13(2)24-15-6-4-14(5-7-15)19-25(22,23)10-16(21)20-9-8-17(3,11-18)12-20;/h4-7,13,19H,8-12,18H2,1-3H3;1H. The molecule has 1 aliphatic heterocycles. The molecule has 1 aromatic rings. The molecule has 0 bridgehead atoms. The highest BCUT2D eigenvalue weighted by Crippen LogP contribution is 2.28. The SMILES string of the molecule is CC(C)Oc1ccc(NS(=O)(=O)CC(=O)N2CCC(C)(CN)C2)cc1.Cl. The molecule has 3 N–H and O–H groups in total. The van der Waals surface area contributed by atoms with Gasteiger partial charge in [-0.25, -0.2) is 8.42 Å². The van der Waals surface area contributed by atoms with Crippen molar-refractivity contribution in [3.8, 4) is 5.75 Å². The molecule has 148 valence electrons. The van der Waals surface area contributed by atoms with Crippen LogP contribution in [0.1, 0.15) is 27.2 Å². The zero-order chi connectivity index (χ0) is 18.7. The highest BCUT2D eigenvalue weighted by Gasteiger charge is 2.36. The number of nitrogens with zero attached hydrogens (tertiary/aromatic N) is 1. The molecule has 0 aliphatic carbocycles. The molecule has 1 heterocycles. The second kappa shape index (κ2) is 8.92. The maximum Gasteiger partial charge on any atom is 0.241 e. The lowest BCUT2D eigenvalue weighted by molar-refractivity contribution is -0.127. The summed E-state index contributed by atoms with van der Waals surface area (Å²) >= 11 is 0. The van der Waals surface area contributed by atoms with Gasteiger partial charge in [0, 0.05) is 18.8 Å². The van der Waals surface area contributed by atoms with E-state index in [0.717, 1.165) is 6.42 Å². The summed E-state index contributed by atoms with van der Waals surface area (Å²) in [5.74, 6) is -0.311. The number of nitrogens with one attached hydrogen (secondary N) is 1. The van der Waals surface area contributed by atoms with Gasteiger partial charge in [0.1, 0.15) is 11.5 Å². The molecule has 1 aliphatic rings. The lowest BCUT2D eigenvalue weighted by atomic mass is 9.90. The van der Waals surface area contributed by atoms with E-state index < -0.39 is 21.7 Å². The van der Waals surface area contributed by atoms with Crippen LogP contribution in [-0.2, 0) is 14.8 Å². The first kappa shape index (κ1) is 22.5. The van der Waals surface area contributed by atoms with E-state index in [1.165, 1.54) is 0 Å². The Bertz CT molecular complexity index is 709. The normalized spacial score (nSPS) is 20.0. The number of ether oxygens (including phenoxy) is 1. The Labute approximate surface area is 161 Å². The molecule has 1 unspecified atom stereocenters. The summed E-state index contributed by atoms with van der Waals surface area (Å²) in [6, 6.07) is 6.60. The van der Waals surface area contributed by atoms with Crippen LogP contribution in [-0.4, -0.2) is 50.7 Å². The number of amides is 1. The summed E-state index contributed by atoms with van der Waals surface area (Å²) in [6.45, 7) is 7.36. The zero-order valence-corrected chi connectivity index (χ0v) is 17.0. The lowest BCUT2D eigenvalue weighted by Crippen LogP contribution is -2.38. The van der Waals surface area contributed by atoms with E-state index in [1.54, 1.807) is 29.2 Å². The molecule has 1 amide bonds. The number of benzene rings is 1. The van der Waals surface area contributed by atoms with Crippen molar-refractivity contribution < 1.29 is 17.9 Å². The van der Waals surface area contributed by atoms with Gasteiger partial charge in [0.05, 0.1) is 6.10 Å². The second-order valence-electron chi connectivity index (χ2n) is 7.13. The molecule has 0 spiro atoms. The van der Waals surface area contributed by atoms with Gasteiger partial charge in [-0.15, -0.1) is 12.4 Å². The summed E-state index contributed by atoms with van der Waals surface area (Å²) in [4.78, 5) is 13.9. The van der Waals surface area contributed by atoms with Gasteiger partial charge in [-0.3, -0.25) is 9.52 Å². The summed E-state index contributed by atoms with van der Waals surface area (Å²) in [7, 11) is -3.76. The average molecular weight is 406 g/mol. The van der Waals surface area contributed by atoms with Crippen LogP contribution >= 0.6 is 12.4 Å². The van der Waals surface area contributed by atoms with Gasteiger partial charge in [-0.05, 0) is 56.5 Å². The molecule has 1 atom stereocenters. The summed E-state index contributed by atoms with van der Waals surface area (Å²) in [6.07, 6.45) is 0.833. The molecule has 1 aromatic carbocycles. The molecule has 7 nitrogen and oxygen atoms in total. The Kier molecular flexibility index (Phi) is 7.73. The van der Waals surface area contributed by atoms with Crippen LogP contribution in [0.3, 0.4) is 0 Å². The van der Waals surface area contributed by atoms with Crippen molar-refractivity contribution in [3.05, 3.63) is 24.3 Å². The van der Waals surface area contributed by atoms with Gasteiger partial charge in [0.25, 0.3) is 0 Å². The van der Waals surface area contributed by atoms with E-state index in [2.05, 4.69) is 4.72 Å². The number of rotatable bonds is 7. The number of likely N-dealkylation sites (tertiary alicyclic amines) is 1. The van der Waals surface area contributed by atoms with Crippen molar-refractivity contribution in [3.63, 3.8) is 0 Å². The van der Waals surface area contributed by atoms with E-state index in [9.17, 15) is 13.2 Å². The van der Waals surface area contributed by atoms with E-state index in [0.29, 0.717) is 31.1 Å². The summed E-state index contributed by atoms with van der Waals surface area (Å²) in [5.41, 5.74) is 6.00.